The van der Waals surface area contributed by atoms with Gasteiger partial charge in [-0.25, -0.2) is 0 Å². The lowest BCUT2D eigenvalue weighted by Gasteiger charge is -2.34. The Balaban J connectivity index is 2.38. The van der Waals surface area contributed by atoms with Gasteiger partial charge in [0.2, 0.25) is 0 Å². The lowest BCUT2D eigenvalue weighted by atomic mass is 9.86. The van der Waals surface area contributed by atoms with Crippen LogP contribution in [0.2, 0.25) is 0 Å². The fourth-order valence-corrected chi connectivity index (χ4v) is 3.36. The fourth-order valence-electron chi connectivity index (χ4n) is 2.30. The normalized spacial score (nSPS) is 15.9. The number of benzene rings is 2. The van der Waals surface area contributed by atoms with E-state index in [1.54, 1.807) is 11.8 Å². The first-order valence-electron chi connectivity index (χ1n) is 6.08. The first kappa shape index (κ1) is 13.2. The van der Waals surface area contributed by atoms with Crippen LogP contribution in [-0.2, 0) is 5.54 Å². The number of hydrogen-bond donors (Lipinski definition) is 1. The minimum Gasteiger partial charge on any atom is -0.320 e. The summed E-state index contributed by atoms with van der Waals surface area (Å²) in [7, 11) is 0. The van der Waals surface area contributed by atoms with E-state index in [9.17, 15) is 0 Å². The molecule has 0 amide bonds. The van der Waals surface area contributed by atoms with Crippen LogP contribution >= 0.6 is 11.8 Å². The van der Waals surface area contributed by atoms with Crippen LogP contribution in [0.5, 0.6) is 0 Å². The van der Waals surface area contributed by atoms with E-state index in [2.05, 4.69) is 49.6 Å². The average Bonchev–Trinajstić information content (AvgIpc) is 2.41. The maximum atomic E-state index is 6.60. The number of hydrogen-bond acceptors (Lipinski definition) is 2. The van der Waals surface area contributed by atoms with Gasteiger partial charge in [-0.3, -0.25) is 0 Å². The topological polar surface area (TPSA) is 26.0 Å². The Morgan fingerprint density at radius 3 is 1.94 bits per heavy atom. The van der Waals surface area contributed by atoms with Gasteiger partial charge in [0.25, 0.3) is 0 Å². The summed E-state index contributed by atoms with van der Waals surface area (Å²) in [4.78, 5) is 0. The molecule has 0 fully saturated rings. The van der Waals surface area contributed by atoms with Crippen LogP contribution in [0.15, 0.2) is 60.7 Å². The second-order valence-corrected chi connectivity index (χ2v) is 5.62. The van der Waals surface area contributed by atoms with Gasteiger partial charge in [0, 0.05) is 0 Å². The molecule has 18 heavy (non-hydrogen) atoms. The van der Waals surface area contributed by atoms with Gasteiger partial charge in [0.15, 0.2) is 0 Å². The van der Waals surface area contributed by atoms with Crippen molar-refractivity contribution in [2.75, 3.05) is 6.26 Å². The Bertz CT molecular complexity index is 479. The molecule has 0 aliphatic heterocycles. The van der Waals surface area contributed by atoms with Crippen molar-refractivity contribution in [3.8, 4) is 0 Å². The van der Waals surface area contributed by atoms with Crippen molar-refractivity contribution in [3.63, 3.8) is 0 Å². The molecule has 1 nitrogen and oxygen atoms in total. The molecule has 0 spiro atoms. The van der Waals surface area contributed by atoms with Crippen molar-refractivity contribution >= 4 is 11.8 Å². The smallest absolute Gasteiger partial charge is 0.0542 e. The number of thioether (sulfide) groups is 1. The molecule has 0 saturated carbocycles. The third-order valence-electron chi connectivity index (χ3n) is 3.28. The molecule has 94 valence electrons. The predicted octanol–water partition coefficient (Wildman–Crippen LogP) is 3.96. The summed E-state index contributed by atoms with van der Waals surface area (Å²) >= 11 is 1.80. The first-order valence-corrected chi connectivity index (χ1v) is 7.37. The maximum Gasteiger partial charge on any atom is 0.0542 e. The summed E-state index contributed by atoms with van der Waals surface area (Å²) in [6.07, 6.45) is 2.12. The van der Waals surface area contributed by atoms with Crippen molar-refractivity contribution in [2.45, 2.75) is 17.7 Å². The summed E-state index contributed by atoms with van der Waals surface area (Å²) in [5.41, 5.74) is 8.68. The van der Waals surface area contributed by atoms with Gasteiger partial charge in [-0.15, -0.1) is 0 Å². The summed E-state index contributed by atoms with van der Waals surface area (Å²) in [6.45, 7) is 2.11. The third-order valence-corrected chi connectivity index (χ3v) is 4.51. The molecule has 0 saturated heterocycles. The van der Waals surface area contributed by atoms with Crippen LogP contribution in [0.25, 0.3) is 0 Å². The Morgan fingerprint density at radius 1 is 0.944 bits per heavy atom. The van der Waals surface area contributed by atoms with Crippen LogP contribution in [0.3, 0.4) is 0 Å². The Morgan fingerprint density at radius 2 is 1.44 bits per heavy atom. The maximum absolute atomic E-state index is 6.60. The number of rotatable bonds is 4. The van der Waals surface area contributed by atoms with Crippen molar-refractivity contribution < 1.29 is 0 Å². The second kappa shape index (κ2) is 5.59. The molecule has 2 rings (SSSR count). The molecule has 0 aliphatic rings. The van der Waals surface area contributed by atoms with E-state index >= 15 is 0 Å². The van der Waals surface area contributed by atoms with Gasteiger partial charge < -0.3 is 5.73 Å². The fraction of sp³-hybridized carbons (Fsp3) is 0.250. The summed E-state index contributed by atoms with van der Waals surface area (Å²) in [5.74, 6) is 0. The molecule has 0 bridgehead atoms. The Labute approximate surface area is 113 Å². The van der Waals surface area contributed by atoms with Gasteiger partial charge in [0.05, 0.1) is 10.8 Å². The third kappa shape index (κ3) is 2.60. The first-order chi connectivity index (χ1) is 8.66. The lowest BCUT2D eigenvalue weighted by Crippen LogP contribution is -2.38. The quantitative estimate of drug-likeness (QED) is 0.897. The molecule has 2 N–H and O–H groups in total. The molecule has 2 atom stereocenters. The molecule has 0 unspecified atom stereocenters. The highest BCUT2D eigenvalue weighted by atomic mass is 32.2. The van der Waals surface area contributed by atoms with Crippen molar-refractivity contribution in [2.24, 2.45) is 5.73 Å². The molecule has 0 heterocycles. The minimum atomic E-state index is -0.373. The van der Waals surface area contributed by atoms with Gasteiger partial charge >= 0.3 is 0 Å². The molecule has 2 aromatic rings. The van der Waals surface area contributed by atoms with Crippen LogP contribution in [-0.4, -0.2) is 6.26 Å². The summed E-state index contributed by atoms with van der Waals surface area (Å²) < 4.78 is 0. The standard InChI is InChI=1S/C16H19NS/c1-16(17,14-11-7-4-8-12-14)15(18-2)13-9-5-3-6-10-13/h3-12,15H,17H2,1-2H3/t15-,16+/m0/s1. The van der Waals surface area contributed by atoms with Crippen molar-refractivity contribution in [1.82, 2.24) is 0 Å². The van der Waals surface area contributed by atoms with E-state index in [0.29, 0.717) is 0 Å². The highest BCUT2D eigenvalue weighted by molar-refractivity contribution is 7.98. The average molecular weight is 257 g/mol. The monoisotopic (exact) mass is 257 g/mol. The summed E-state index contributed by atoms with van der Waals surface area (Å²) in [5, 5.41) is 0.251. The van der Waals surface area contributed by atoms with E-state index in [0.717, 1.165) is 0 Å². The largest absolute Gasteiger partial charge is 0.320 e. The van der Waals surface area contributed by atoms with Crippen LogP contribution in [0.4, 0.5) is 0 Å². The van der Waals surface area contributed by atoms with E-state index in [1.807, 2.05) is 24.3 Å². The molecule has 2 aromatic carbocycles. The van der Waals surface area contributed by atoms with E-state index in [-0.39, 0.29) is 10.8 Å². The highest BCUT2D eigenvalue weighted by Gasteiger charge is 2.32. The molecular formula is C16H19NS. The van der Waals surface area contributed by atoms with Crippen molar-refractivity contribution in [3.05, 3.63) is 71.8 Å². The molecule has 0 radical (unpaired) electrons. The van der Waals surface area contributed by atoms with Gasteiger partial charge in [-0.05, 0) is 24.3 Å². The van der Waals surface area contributed by atoms with Gasteiger partial charge in [-0.2, -0.15) is 11.8 Å². The zero-order chi connectivity index (χ0) is 13.0. The highest BCUT2D eigenvalue weighted by Crippen LogP contribution is 2.41. The predicted molar refractivity (Wildman–Crippen MR) is 80.7 cm³/mol. The van der Waals surface area contributed by atoms with E-state index in [4.69, 9.17) is 5.73 Å². The zero-order valence-electron chi connectivity index (χ0n) is 10.8. The van der Waals surface area contributed by atoms with Crippen molar-refractivity contribution in [1.29, 1.82) is 0 Å². The summed E-state index contributed by atoms with van der Waals surface area (Å²) in [6, 6.07) is 20.8. The molecule has 2 heteroatoms. The number of nitrogens with two attached hydrogens (primary N) is 1. The molecule has 0 aliphatic carbocycles. The van der Waals surface area contributed by atoms with Crippen LogP contribution in [0, 0.1) is 0 Å². The van der Waals surface area contributed by atoms with E-state index < -0.39 is 0 Å². The van der Waals surface area contributed by atoms with E-state index in [1.165, 1.54) is 11.1 Å². The van der Waals surface area contributed by atoms with Crippen LogP contribution in [0.1, 0.15) is 23.3 Å². The Hall–Kier alpha value is -1.25. The molecular weight excluding hydrogens is 238 g/mol. The van der Waals surface area contributed by atoms with Crippen LogP contribution < -0.4 is 5.73 Å². The Kier molecular flexibility index (Phi) is 4.10. The van der Waals surface area contributed by atoms with Gasteiger partial charge in [0.1, 0.15) is 0 Å². The SMILES string of the molecule is CS[C@@H](c1ccccc1)[C@](C)(N)c1ccccc1. The molecule has 0 aromatic heterocycles. The zero-order valence-corrected chi connectivity index (χ0v) is 11.7. The second-order valence-electron chi connectivity index (χ2n) is 4.68. The minimum absolute atomic E-state index is 0.251. The lowest BCUT2D eigenvalue weighted by molar-refractivity contribution is 0.481. The van der Waals surface area contributed by atoms with Gasteiger partial charge in [-0.1, -0.05) is 60.7 Å².